The lowest BCUT2D eigenvalue weighted by Crippen LogP contribution is -2.51. The Bertz CT molecular complexity index is 2230. The number of imidazole rings is 1. The van der Waals surface area contributed by atoms with Gasteiger partial charge in [0.2, 0.25) is 5.91 Å². The van der Waals surface area contributed by atoms with Gasteiger partial charge in [0.1, 0.15) is 5.60 Å². The molecule has 57 heavy (non-hydrogen) atoms. The average molecular weight is 807 g/mol. The van der Waals surface area contributed by atoms with E-state index in [1.165, 1.54) is 42.1 Å². The number of ether oxygens (including phenoxy) is 2. The van der Waals surface area contributed by atoms with Gasteiger partial charge in [0.15, 0.2) is 17.5 Å². The van der Waals surface area contributed by atoms with Crippen molar-refractivity contribution < 1.29 is 37.4 Å². The molecule has 0 spiro atoms. The monoisotopic (exact) mass is 806 g/mol. The van der Waals surface area contributed by atoms with Crippen molar-refractivity contribution in [3.05, 3.63) is 76.5 Å². The van der Waals surface area contributed by atoms with Gasteiger partial charge in [-0.2, -0.15) is 5.10 Å². The molecule has 1 N–H and O–H groups in total. The van der Waals surface area contributed by atoms with Crippen LogP contribution in [0.15, 0.2) is 42.7 Å². The maximum Gasteiger partial charge on any atom is 0.410 e. The number of carbonyl (C=O) groups is 4. The van der Waals surface area contributed by atoms with E-state index in [4.69, 9.17) is 21.1 Å². The fourth-order valence-electron chi connectivity index (χ4n) is 7.74. The molecule has 1 aliphatic carbocycles. The van der Waals surface area contributed by atoms with Gasteiger partial charge in [-0.3, -0.25) is 19.1 Å². The summed E-state index contributed by atoms with van der Waals surface area (Å²) in [5, 5.41) is 7.19. The summed E-state index contributed by atoms with van der Waals surface area (Å²) in [6, 6.07) is 7.42. The van der Waals surface area contributed by atoms with Gasteiger partial charge in [-0.1, -0.05) is 17.7 Å². The normalized spacial score (nSPS) is 19.1. The summed E-state index contributed by atoms with van der Waals surface area (Å²) in [5.41, 5.74) is 1.11. The Kier molecular flexibility index (Phi) is 10.9. The van der Waals surface area contributed by atoms with Crippen molar-refractivity contribution in [1.29, 1.82) is 0 Å². The van der Waals surface area contributed by atoms with Gasteiger partial charge in [0.25, 0.3) is 11.8 Å². The molecule has 0 bridgehead atoms. The molecule has 1 saturated carbocycles. The van der Waals surface area contributed by atoms with Crippen LogP contribution in [0, 0.1) is 36.3 Å². The van der Waals surface area contributed by atoms with E-state index in [2.05, 4.69) is 15.4 Å². The van der Waals surface area contributed by atoms with Gasteiger partial charge in [0.05, 0.1) is 41.3 Å². The molecule has 0 radical (unpaired) electrons. The topological polar surface area (TPSA) is 144 Å². The van der Waals surface area contributed by atoms with E-state index in [0.717, 1.165) is 0 Å². The van der Waals surface area contributed by atoms with Crippen LogP contribution in [0.2, 0.25) is 5.02 Å². The molecule has 14 nitrogen and oxygen atoms in total. The fraction of sp³-hybridized carbons (Fsp3) is 0.450. The Morgan fingerprint density at radius 2 is 1.58 bits per heavy atom. The lowest BCUT2D eigenvalue weighted by molar-refractivity contribution is -0.135. The molecule has 4 aromatic rings. The van der Waals surface area contributed by atoms with Gasteiger partial charge < -0.3 is 34.1 Å². The predicted molar refractivity (Wildman–Crippen MR) is 207 cm³/mol. The van der Waals surface area contributed by atoms with Crippen molar-refractivity contribution in [2.75, 3.05) is 58.3 Å². The van der Waals surface area contributed by atoms with Crippen molar-refractivity contribution >= 4 is 41.1 Å². The van der Waals surface area contributed by atoms with Crippen LogP contribution in [0.25, 0.3) is 22.4 Å². The first-order chi connectivity index (χ1) is 27.1. The van der Waals surface area contributed by atoms with Crippen molar-refractivity contribution in [3.8, 4) is 22.4 Å². The molecule has 3 atom stereocenters. The number of nitrogens with zero attached hydrogens (tertiary/aromatic N) is 7. The molecule has 2 saturated heterocycles. The summed E-state index contributed by atoms with van der Waals surface area (Å²) < 4.78 is 44.6. The lowest BCUT2D eigenvalue weighted by atomic mass is 10.0. The Morgan fingerprint density at radius 1 is 0.930 bits per heavy atom. The molecule has 7 rings (SSSR count). The lowest BCUT2D eigenvalue weighted by Gasteiger charge is -2.35. The maximum absolute atomic E-state index is 15.6. The summed E-state index contributed by atoms with van der Waals surface area (Å²) in [7, 11) is 3.09. The van der Waals surface area contributed by atoms with E-state index in [9.17, 15) is 19.2 Å². The third kappa shape index (κ3) is 7.97. The molecular formula is C40H45ClF2N8O6. The quantitative estimate of drug-likeness (QED) is 0.234. The number of hydrogen-bond donors (Lipinski definition) is 1. The van der Waals surface area contributed by atoms with E-state index in [-0.39, 0.29) is 68.9 Å². The number of piperidine rings is 1. The third-order valence-electron chi connectivity index (χ3n) is 10.8. The second-order valence-electron chi connectivity index (χ2n) is 15.7. The standard InChI is InChI=1S/C40H45ClF2N8O6/c1-22-27(21-51(46-22)15-16-56-6)24-9-10-26(34(43)33(24)42)31-18-44-35(47(31)5)36(52)45-23-7-8-25(30(41)17-23)37(53)48-11-13-49(14-12-48)38(54)32-28-19-50(20-29(28)32)39(55)57-40(2,3)4/h7-10,17-18,21,28-29,32H,11-16,19-20H2,1-6H3,(H,45,52)/t28-,29+,32+. The van der Waals surface area contributed by atoms with E-state index in [1.807, 2.05) is 20.8 Å². The van der Waals surface area contributed by atoms with Crippen LogP contribution in [0.3, 0.4) is 0 Å². The number of carbonyl (C=O) groups excluding carboxylic acids is 4. The highest BCUT2D eigenvalue weighted by molar-refractivity contribution is 6.34. The number of rotatable bonds is 9. The van der Waals surface area contributed by atoms with Gasteiger partial charge in [0, 0.05) is 87.9 Å². The van der Waals surface area contributed by atoms with Crippen LogP contribution < -0.4 is 5.32 Å². The highest BCUT2D eigenvalue weighted by atomic mass is 35.5. The van der Waals surface area contributed by atoms with Crippen LogP contribution in [-0.2, 0) is 27.9 Å². The number of amides is 4. The number of likely N-dealkylation sites (tertiary alicyclic amines) is 1. The van der Waals surface area contributed by atoms with Crippen LogP contribution in [-0.4, -0.2) is 116 Å². The summed E-state index contributed by atoms with van der Waals surface area (Å²) in [5.74, 6) is -2.94. The number of fused-ring (bicyclic) bond motifs is 1. The summed E-state index contributed by atoms with van der Waals surface area (Å²) in [6.45, 7) is 10.5. The minimum Gasteiger partial charge on any atom is -0.444 e. The highest BCUT2D eigenvalue weighted by Gasteiger charge is 2.61. The largest absolute Gasteiger partial charge is 0.444 e. The molecular weight excluding hydrogens is 762 g/mol. The second-order valence-corrected chi connectivity index (χ2v) is 16.1. The average Bonchev–Trinajstić information content (AvgIpc) is 3.46. The zero-order chi connectivity index (χ0) is 40.9. The van der Waals surface area contributed by atoms with E-state index in [1.54, 1.807) is 45.7 Å². The second kappa shape index (κ2) is 15.5. The van der Waals surface area contributed by atoms with Crippen molar-refractivity contribution in [2.45, 2.75) is 39.8 Å². The van der Waals surface area contributed by atoms with Crippen LogP contribution >= 0.6 is 11.6 Å². The number of methoxy groups -OCH3 is 1. The smallest absolute Gasteiger partial charge is 0.410 e. The zero-order valence-electron chi connectivity index (χ0n) is 32.6. The highest BCUT2D eigenvalue weighted by Crippen LogP contribution is 2.53. The zero-order valence-corrected chi connectivity index (χ0v) is 33.4. The molecule has 0 unspecified atom stereocenters. The van der Waals surface area contributed by atoms with Crippen LogP contribution in [0.5, 0.6) is 0 Å². The first-order valence-corrected chi connectivity index (χ1v) is 19.1. The summed E-state index contributed by atoms with van der Waals surface area (Å²) in [6.07, 6.45) is 2.58. The van der Waals surface area contributed by atoms with Crippen LogP contribution in [0.4, 0.5) is 19.3 Å². The number of anilines is 1. The molecule has 3 aliphatic rings. The maximum atomic E-state index is 15.6. The SMILES string of the molecule is COCCn1cc(-c2ccc(-c3cnc(C(=O)Nc4ccc(C(=O)N5CCN(C(=O)[C@H]6[C@@H]7CN(C(=O)OC(C)(C)C)C[C@@H]76)CC5)c(Cl)c4)n3C)c(F)c2F)c(C)n1. The molecule has 302 valence electrons. The molecule has 4 heterocycles. The minimum atomic E-state index is -1.09. The van der Waals surface area contributed by atoms with Gasteiger partial charge >= 0.3 is 6.09 Å². The van der Waals surface area contributed by atoms with E-state index >= 15 is 8.78 Å². The fourth-order valence-corrected chi connectivity index (χ4v) is 8.00. The van der Waals surface area contributed by atoms with Crippen molar-refractivity contribution in [3.63, 3.8) is 0 Å². The first kappa shape index (κ1) is 39.9. The number of benzene rings is 2. The Hall–Kier alpha value is -5.35. The molecule has 4 amide bonds. The Balaban J connectivity index is 0.938. The number of piperazine rings is 1. The number of hydrogen-bond acceptors (Lipinski definition) is 8. The summed E-state index contributed by atoms with van der Waals surface area (Å²) >= 11 is 6.55. The predicted octanol–water partition coefficient (Wildman–Crippen LogP) is 5.49. The molecule has 2 aliphatic heterocycles. The first-order valence-electron chi connectivity index (χ1n) is 18.8. The molecule has 2 aromatic heterocycles. The molecule has 17 heteroatoms. The van der Waals surface area contributed by atoms with Crippen LogP contribution in [0.1, 0.15) is 47.4 Å². The van der Waals surface area contributed by atoms with E-state index < -0.39 is 23.1 Å². The van der Waals surface area contributed by atoms with Gasteiger partial charge in [-0.05, 0) is 63.8 Å². The third-order valence-corrected chi connectivity index (χ3v) is 11.1. The van der Waals surface area contributed by atoms with Gasteiger partial charge in [-0.25, -0.2) is 18.6 Å². The Labute approximate surface area is 333 Å². The summed E-state index contributed by atoms with van der Waals surface area (Å²) in [4.78, 5) is 61.8. The molecule has 2 aromatic carbocycles. The number of aryl methyl sites for hydroxylation is 1. The number of halogens is 3. The number of aromatic nitrogens is 4. The minimum absolute atomic E-state index is 0.0555. The Morgan fingerprint density at radius 3 is 2.23 bits per heavy atom. The van der Waals surface area contributed by atoms with E-state index in [0.29, 0.717) is 69.4 Å². The molecule has 3 fully saturated rings. The number of nitrogens with one attached hydrogen (secondary N) is 1. The van der Waals surface area contributed by atoms with Gasteiger partial charge in [-0.15, -0.1) is 0 Å². The van der Waals surface area contributed by atoms with Crippen molar-refractivity contribution in [1.82, 2.24) is 34.0 Å². The van der Waals surface area contributed by atoms with Crippen molar-refractivity contribution in [2.24, 2.45) is 24.8 Å².